The van der Waals surface area contributed by atoms with Gasteiger partial charge in [-0.15, -0.1) is 0 Å². The third-order valence-electron chi connectivity index (χ3n) is 4.88. The van der Waals surface area contributed by atoms with Crippen LogP contribution in [0.15, 0.2) is 48.5 Å². The van der Waals surface area contributed by atoms with Crippen molar-refractivity contribution in [3.05, 3.63) is 54.4 Å². The smallest absolute Gasteiger partial charge is 0.147 e. The van der Waals surface area contributed by atoms with Gasteiger partial charge in [0.1, 0.15) is 23.9 Å². The molecule has 0 aliphatic carbocycles. The summed E-state index contributed by atoms with van der Waals surface area (Å²) in [5.41, 5.74) is 2.23. The number of hydrogen-bond acceptors (Lipinski definition) is 3. The highest BCUT2D eigenvalue weighted by molar-refractivity contribution is 5.75. The lowest BCUT2D eigenvalue weighted by Crippen LogP contribution is -2.07. The molecule has 3 rings (SSSR count). The summed E-state index contributed by atoms with van der Waals surface area (Å²) >= 11 is 0. The molecule has 144 valence electrons. The number of para-hydroxylation sites is 2. The molecule has 0 saturated heterocycles. The van der Waals surface area contributed by atoms with Crippen molar-refractivity contribution in [2.24, 2.45) is 0 Å². The van der Waals surface area contributed by atoms with Gasteiger partial charge in [-0.2, -0.15) is 0 Å². The van der Waals surface area contributed by atoms with Crippen molar-refractivity contribution in [1.82, 2.24) is 9.55 Å². The van der Waals surface area contributed by atoms with Gasteiger partial charge in [0.2, 0.25) is 0 Å². The first kappa shape index (κ1) is 19.3. The predicted octanol–water partition coefficient (Wildman–Crippen LogP) is 5.98. The maximum absolute atomic E-state index is 6.00. The molecule has 0 radical (unpaired) electrons. The van der Waals surface area contributed by atoms with Crippen molar-refractivity contribution < 1.29 is 9.47 Å². The number of rotatable bonds is 11. The minimum Gasteiger partial charge on any atom is -0.497 e. The van der Waals surface area contributed by atoms with Gasteiger partial charge < -0.3 is 14.0 Å². The van der Waals surface area contributed by atoms with Crippen LogP contribution in [0, 0.1) is 0 Å². The lowest BCUT2D eigenvalue weighted by Gasteiger charge is -2.11. The van der Waals surface area contributed by atoms with Gasteiger partial charge >= 0.3 is 0 Å². The van der Waals surface area contributed by atoms with E-state index >= 15 is 0 Å². The number of aryl methyl sites for hydroxylation is 1. The molecule has 0 fully saturated rings. The number of benzene rings is 2. The molecule has 0 atom stereocenters. The van der Waals surface area contributed by atoms with Crippen molar-refractivity contribution in [1.29, 1.82) is 0 Å². The second kappa shape index (κ2) is 10.0. The van der Waals surface area contributed by atoms with Crippen LogP contribution in [0.1, 0.15) is 51.3 Å². The van der Waals surface area contributed by atoms with Gasteiger partial charge in [0, 0.05) is 12.6 Å². The van der Waals surface area contributed by atoms with E-state index in [2.05, 4.69) is 29.7 Å². The van der Waals surface area contributed by atoms with Gasteiger partial charge in [0.25, 0.3) is 0 Å². The van der Waals surface area contributed by atoms with Crippen molar-refractivity contribution in [3.63, 3.8) is 0 Å². The SMILES string of the molecule is CCCCCCCCn1c(COc2cccc(OC)c2)nc2ccccc21. The van der Waals surface area contributed by atoms with Crippen LogP contribution >= 0.6 is 0 Å². The fraction of sp³-hybridized carbons (Fsp3) is 0.435. The zero-order chi connectivity index (χ0) is 18.9. The highest BCUT2D eigenvalue weighted by Crippen LogP contribution is 2.22. The van der Waals surface area contributed by atoms with Crippen LogP contribution in [0.25, 0.3) is 11.0 Å². The van der Waals surface area contributed by atoms with Gasteiger partial charge in [0.15, 0.2) is 0 Å². The summed E-state index contributed by atoms with van der Waals surface area (Å²) in [4.78, 5) is 4.81. The van der Waals surface area contributed by atoms with Crippen LogP contribution in [0.5, 0.6) is 11.5 Å². The number of aromatic nitrogens is 2. The summed E-state index contributed by atoms with van der Waals surface area (Å²) in [7, 11) is 1.67. The zero-order valence-corrected chi connectivity index (χ0v) is 16.5. The summed E-state index contributed by atoms with van der Waals surface area (Å²) in [5.74, 6) is 2.58. The molecule has 27 heavy (non-hydrogen) atoms. The average molecular weight is 367 g/mol. The molecular formula is C23H30N2O2. The zero-order valence-electron chi connectivity index (χ0n) is 16.5. The Hall–Kier alpha value is -2.49. The number of ether oxygens (including phenoxy) is 2. The molecule has 4 nitrogen and oxygen atoms in total. The Labute approximate surface area is 162 Å². The molecule has 3 aromatic rings. The van der Waals surface area contributed by atoms with E-state index in [1.54, 1.807) is 7.11 Å². The van der Waals surface area contributed by atoms with Gasteiger partial charge in [-0.05, 0) is 30.7 Å². The Morgan fingerprint density at radius 3 is 2.52 bits per heavy atom. The highest BCUT2D eigenvalue weighted by atomic mass is 16.5. The molecule has 0 aliphatic heterocycles. The molecule has 4 heteroatoms. The largest absolute Gasteiger partial charge is 0.497 e. The van der Waals surface area contributed by atoms with Gasteiger partial charge in [-0.1, -0.05) is 57.2 Å². The van der Waals surface area contributed by atoms with E-state index in [9.17, 15) is 0 Å². The molecular weight excluding hydrogens is 336 g/mol. The minimum atomic E-state index is 0.456. The molecule has 0 aliphatic rings. The number of fused-ring (bicyclic) bond motifs is 1. The lowest BCUT2D eigenvalue weighted by atomic mass is 10.1. The first-order chi connectivity index (χ1) is 13.3. The normalized spacial score (nSPS) is 11.0. The van der Waals surface area contributed by atoms with Gasteiger partial charge in [-0.25, -0.2) is 4.98 Å². The number of methoxy groups -OCH3 is 1. The molecule has 0 spiro atoms. The molecule has 0 unspecified atom stereocenters. The van der Waals surface area contributed by atoms with E-state index in [1.165, 1.54) is 44.0 Å². The summed E-state index contributed by atoms with van der Waals surface area (Å²) in [5, 5.41) is 0. The third-order valence-corrected chi connectivity index (χ3v) is 4.88. The van der Waals surface area contributed by atoms with Crippen LogP contribution < -0.4 is 9.47 Å². The summed E-state index contributed by atoms with van der Waals surface area (Å²) in [6, 6.07) is 16.0. The van der Waals surface area contributed by atoms with Crippen molar-refractivity contribution in [3.8, 4) is 11.5 Å². The molecule has 1 heterocycles. The molecule has 0 bridgehead atoms. The van der Waals surface area contributed by atoms with Crippen molar-refractivity contribution in [2.75, 3.05) is 7.11 Å². The first-order valence-corrected chi connectivity index (χ1v) is 10.0. The number of imidazole rings is 1. The fourth-order valence-electron chi connectivity index (χ4n) is 3.37. The second-order valence-electron chi connectivity index (χ2n) is 6.90. The van der Waals surface area contributed by atoms with E-state index < -0.39 is 0 Å². The molecule has 0 saturated carbocycles. The molecule has 1 aromatic heterocycles. The van der Waals surface area contributed by atoms with E-state index in [0.717, 1.165) is 29.4 Å². The standard InChI is InChI=1S/C23H30N2O2/c1-3-4-5-6-7-10-16-25-22-15-9-8-14-21(22)24-23(25)18-27-20-13-11-12-19(17-20)26-2/h8-9,11-15,17H,3-7,10,16,18H2,1-2H3. The Morgan fingerprint density at radius 1 is 0.889 bits per heavy atom. The Balaban J connectivity index is 1.68. The quantitative estimate of drug-likeness (QED) is 0.391. The maximum Gasteiger partial charge on any atom is 0.147 e. The van der Waals surface area contributed by atoms with Crippen LogP contribution in [0.2, 0.25) is 0 Å². The number of hydrogen-bond donors (Lipinski definition) is 0. The third kappa shape index (κ3) is 5.25. The fourth-order valence-corrected chi connectivity index (χ4v) is 3.37. The van der Waals surface area contributed by atoms with Crippen LogP contribution in [-0.2, 0) is 13.2 Å². The Kier molecular flexibility index (Phi) is 7.14. The lowest BCUT2D eigenvalue weighted by molar-refractivity contribution is 0.287. The van der Waals surface area contributed by atoms with Crippen LogP contribution in [-0.4, -0.2) is 16.7 Å². The Bertz CT molecular complexity index is 841. The van der Waals surface area contributed by atoms with Crippen LogP contribution in [0.3, 0.4) is 0 Å². The number of nitrogens with zero attached hydrogens (tertiary/aromatic N) is 2. The topological polar surface area (TPSA) is 36.3 Å². The maximum atomic E-state index is 6.00. The van der Waals surface area contributed by atoms with E-state index in [0.29, 0.717) is 6.61 Å². The van der Waals surface area contributed by atoms with Gasteiger partial charge in [0.05, 0.1) is 18.1 Å². The summed E-state index contributed by atoms with van der Waals surface area (Å²) in [6.45, 7) is 3.70. The second-order valence-corrected chi connectivity index (χ2v) is 6.90. The molecule has 0 amide bonds. The minimum absolute atomic E-state index is 0.456. The first-order valence-electron chi connectivity index (χ1n) is 10.0. The van der Waals surface area contributed by atoms with Crippen molar-refractivity contribution in [2.45, 2.75) is 58.6 Å². The predicted molar refractivity (Wildman–Crippen MR) is 110 cm³/mol. The van der Waals surface area contributed by atoms with Gasteiger partial charge in [-0.3, -0.25) is 0 Å². The average Bonchev–Trinajstić information content (AvgIpc) is 3.07. The molecule has 2 aromatic carbocycles. The summed E-state index contributed by atoms with van der Waals surface area (Å²) < 4.78 is 13.6. The Morgan fingerprint density at radius 2 is 1.67 bits per heavy atom. The molecule has 0 N–H and O–H groups in total. The summed E-state index contributed by atoms with van der Waals surface area (Å²) in [6.07, 6.45) is 7.73. The van der Waals surface area contributed by atoms with E-state index in [-0.39, 0.29) is 0 Å². The van der Waals surface area contributed by atoms with E-state index in [1.807, 2.05) is 30.3 Å². The van der Waals surface area contributed by atoms with E-state index in [4.69, 9.17) is 14.5 Å². The van der Waals surface area contributed by atoms with Crippen LogP contribution in [0.4, 0.5) is 0 Å². The van der Waals surface area contributed by atoms with Crippen molar-refractivity contribution >= 4 is 11.0 Å². The number of unbranched alkanes of at least 4 members (excludes halogenated alkanes) is 5. The monoisotopic (exact) mass is 366 g/mol. The highest BCUT2D eigenvalue weighted by Gasteiger charge is 2.11.